The van der Waals surface area contributed by atoms with E-state index < -0.39 is 0 Å². The van der Waals surface area contributed by atoms with Crippen LogP contribution >= 0.6 is 0 Å². The van der Waals surface area contributed by atoms with Crippen LogP contribution in [0.1, 0.15) is 6.92 Å². The van der Waals surface area contributed by atoms with Crippen LogP contribution in [0.5, 0.6) is 0 Å². The molecule has 0 unspecified atom stereocenters. The zero-order chi connectivity index (χ0) is 15.8. The zero-order valence-electron chi connectivity index (χ0n) is 13.4. The van der Waals surface area contributed by atoms with Crippen molar-refractivity contribution in [2.75, 3.05) is 55.7 Å². The predicted octanol–water partition coefficient (Wildman–Crippen LogP) is -0.0499. The Hall–Kier alpha value is -1.90. The number of piperazine rings is 1. The molecule has 4 heterocycles. The first kappa shape index (κ1) is 14.7. The molecule has 0 radical (unpaired) electrons. The van der Waals surface area contributed by atoms with E-state index in [0.29, 0.717) is 6.04 Å². The number of ether oxygens (including phenoxy) is 1. The molecule has 2 aromatic rings. The Kier molecular flexibility index (Phi) is 3.80. The molecule has 2 fully saturated rings. The van der Waals surface area contributed by atoms with Gasteiger partial charge < -0.3 is 14.5 Å². The van der Waals surface area contributed by atoms with E-state index in [1.54, 1.807) is 6.20 Å². The molecule has 0 spiro atoms. The fourth-order valence-corrected chi connectivity index (χ4v) is 3.27. The third-order valence-corrected chi connectivity index (χ3v) is 4.63. The number of nitrogens with zero attached hydrogens (tertiary/aromatic N) is 6. The van der Waals surface area contributed by atoms with Crippen LogP contribution in [0.15, 0.2) is 18.3 Å². The molecule has 8 heteroatoms. The summed E-state index contributed by atoms with van der Waals surface area (Å²) in [7, 11) is 0. The third kappa shape index (κ3) is 2.73. The first-order chi connectivity index (χ1) is 11.2. The summed E-state index contributed by atoms with van der Waals surface area (Å²) < 4.78 is 7.46. The van der Waals surface area contributed by atoms with Crippen molar-refractivity contribution in [3.05, 3.63) is 18.3 Å². The number of morpholine rings is 1. The Morgan fingerprint density at radius 2 is 2.04 bits per heavy atom. The van der Waals surface area contributed by atoms with Crippen LogP contribution in [-0.4, -0.2) is 71.6 Å². The maximum Gasteiger partial charge on any atom is 0.159 e. The summed E-state index contributed by atoms with van der Waals surface area (Å²) in [5, 5.41) is 6.31. The minimum absolute atomic E-state index is 0.329. The second-order valence-electron chi connectivity index (χ2n) is 6.21. The molecule has 8 nitrogen and oxygen atoms in total. The molecule has 4 rings (SSSR count). The van der Waals surface area contributed by atoms with Crippen molar-refractivity contribution in [1.29, 1.82) is 0 Å². The molecule has 0 aliphatic carbocycles. The molecule has 2 aliphatic heterocycles. The molecule has 2 N–H and O–H groups in total. The van der Waals surface area contributed by atoms with Crippen molar-refractivity contribution in [1.82, 2.24) is 19.6 Å². The van der Waals surface area contributed by atoms with Gasteiger partial charge in [-0.25, -0.2) is 9.99 Å². The fourth-order valence-electron chi connectivity index (χ4n) is 3.27. The SMILES string of the molecule is C[C@@H]1COCCN1c1cc(N2CCN(N)CC2)n2nccc2n1. The lowest BCUT2D eigenvalue weighted by atomic mass is 10.2. The van der Waals surface area contributed by atoms with Gasteiger partial charge in [0.2, 0.25) is 0 Å². The van der Waals surface area contributed by atoms with Gasteiger partial charge in [-0.3, -0.25) is 5.84 Å². The Bertz CT molecular complexity index is 680. The van der Waals surface area contributed by atoms with E-state index in [9.17, 15) is 0 Å². The minimum Gasteiger partial charge on any atom is -0.377 e. The average Bonchev–Trinajstić information content (AvgIpc) is 3.04. The molecule has 0 aromatic carbocycles. The van der Waals surface area contributed by atoms with Crippen molar-refractivity contribution in [2.24, 2.45) is 5.84 Å². The van der Waals surface area contributed by atoms with E-state index in [0.717, 1.165) is 63.2 Å². The molecule has 23 heavy (non-hydrogen) atoms. The lowest BCUT2D eigenvalue weighted by Crippen LogP contribution is -2.50. The van der Waals surface area contributed by atoms with Gasteiger partial charge in [-0.1, -0.05) is 0 Å². The second kappa shape index (κ2) is 5.95. The smallest absolute Gasteiger partial charge is 0.159 e. The van der Waals surface area contributed by atoms with Crippen LogP contribution in [0.3, 0.4) is 0 Å². The highest BCUT2D eigenvalue weighted by Gasteiger charge is 2.24. The van der Waals surface area contributed by atoms with E-state index in [1.165, 1.54) is 0 Å². The van der Waals surface area contributed by atoms with Crippen LogP contribution in [0, 0.1) is 0 Å². The van der Waals surface area contributed by atoms with Gasteiger partial charge in [0.25, 0.3) is 0 Å². The standard InChI is InChI=1S/C15H23N7O/c1-12-11-23-9-8-21(12)14-10-15(19-4-6-20(16)7-5-19)22-13(18-14)2-3-17-22/h2-3,10,12H,4-9,11,16H2,1H3/t12-/m1/s1. The summed E-state index contributed by atoms with van der Waals surface area (Å²) in [5.41, 5.74) is 0.881. The molecule has 0 amide bonds. The normalized spacial score (nSPS) is 23.7. The van der Waals surface area contributed by atoms with Crippen molar-refractivity contribution in [2.45, 2.75) is 13.0 Å². The molecular formula is C15H23N7O. The van der Waals surface area contributed by atoms with E-state index in [2.05, 4.69) is 27.9 Å². The Balaban J connectivity index is 1.72. The third-order valence-electron chi connectivity index (χ3n) is 4.63. The number of fused-ring (bicyclic) bond motifs is 1. The van der Waals surface area contributed by atoms with Crippen LogP contribution in [0.2, 0.25) is 0 Å². The summed E-state index contributed by atoms with van der Waals surface area (Å²) >= 11 is 0. The number of hydrogen-bond donors (Lipinski definition) is 1. The van der Waals surface area contributed by atoms with Crippen molar-refractivity contribution < 1.29 is 4.74 Å². The number of hydrazine groups is 1. The number of rotatable bonds is 2. The maximum absolute atomic E-state index is 5.88. The van der Waals surface area contributed by atoms with E-state index >= 15 is 0 Å². The quantitative estimate of drug-likeness (QED) is 0.778. The van der Waals surface area contributed by atoms with Gasteiger partial charge >= 0.3 is 0 Å². The van der Waals surface area contributed by atoms with Gasteiger partial charge in [0, 0.05) is 44.9 Å². The molecule has 2 aliphatic rings. The molecule has 0 bridgehead atoms. The van der Waals surface area contributed by atoms with Gasteiger partial charge in [-0.05, 0) is 6.92 Å². The van der Waals surface area contributed by atoms with Crippen molar-refractivity contribution in [3.63, 3.8) is 0 Å². The Morgan fingerprint density at radius 3 is 2.83 bits per heavy atom. The molecule has 124 valence electrons. The first-order valence-corrected chi connectivity index (χ1v) is 8.16. The van der Waals surface area contributed by atoms with Gasteiger partial charge in [0.05, 0.1) is 25.5 Å². The van der Waals surface area contributed by atoms with Gasteiger partial charge in [0.15, 0.2) is 5.65 Å². The van der Waals surface area contributed by atoms with Gasteiger partial charge in [-0.15, -0.1) is 0 Å². The monoisotopic (exact) mass is 317 g/mol. The molecular weight excluding hydrogens is 294 g/mol. The Labute approximate surface area is 135 Å². The lowest BCUT2D eigenvalue weighted by molar-refractivity contribution is 0.0985. The van der Waals surface area contributed by atoms with Crippen molar-refractivity contribution in [3.8, 4) is 0 Å². The maximum atomic E-state index is 5.88. The van der Waals surface area contributed by atoms with Crippen LogP contribution < -0.4 is 15.6 Å². The van der Waals surface area contributed by atoms with Crippen molar-refractivity contribution >= 4 is 17.3 Å². The van der Waals surface area contributed by atoms with Crippen LogP contribution in [0.4, 0.5) is 11.6 Å². The van der Waals surface area contributed by atoms with Crippen LogP contribution in [-0.2, 0) is 4.74 Å². The zero-order valence-corrected chi connectivity index (χ0v) is 13.4. The van der Waals surface area contributed by atoms with E-state index in [1.807, 2.05) is 15.6 Å². The predicted molar refractivity (Wildman–Crippen MR) is 88.6 cm³/mol. The number of aromatic nitrogens is 3. The van der Waals surface area contributed by atoms with E-state index in [4.69, 9.17) is 15.6 Å². The summed E-state index contributed by atoms with van der Waals surface area (Å²) in [6.07, 6.45) is 1.80. The minimum atomic E-state index is 0.329. The summed E-state index contributed by atoms with van der Waals surface area (Å²) in [5.74, 6) is 7.97. The molecule has 1 atom stereocenters. The van der Waals surface area contributed by atoms with Gasteiger partial charge in [-0.2, -0.15) is 9.61 Å². The largest absolute Gasteiger partial charge is 0.377 e. The average molecular weight is 317 g/mol. The summed E-state index contributed by atoms with van der Waals surface area (Å²) in [6.45, 7) is 8.04. The highest BCUT2D eigenvalue weighted by Crippen LogP contribution is 2.25. The van der Waals surface area contributed by atoms with Gasteiger partial charge in [0.1, 0.15) is 11.6 Å². The topological polar surface area (TPSA) is 75.2 Å². The number of nitrogens with two attached hydrogens (primary N) is 1. The lowest BCUT2D eigenvalue weighted by Gasteiger charge is -2.36. The Morgan fingerprint density at radius 1 is 1.22 bits per heavy atom. The number of anilines is 2. The summed E-state index contributed by atoms with van der Waals surface area (Å²) in [6, 6.07) is 4.43. The molecule has 2 saturated heterocycles. The highest BCUT2D eigenvalue weighted by molar-refractivity contribution is 5.59. The fraction of sp³-hybridized carbons (Fsp3) is 0.600. The number of hydrogen-bond acceptors (Lipinski definition) is 7. The summed E-state index contributed by atoms with van der Waals surface area (Å²) in [4.78, 5) is 9.44. The first-order valence-electron chi connectivity index (χ1n) is 8.16. The second-order valence-corrected chi connectivity index (χ2v) is 6.21. The molecule has 2 aromatic heterocycles. The molecule has 0 saturated carbocycles. The van der Waals surface area contributed by atoms with E-state index in [-0.39, 0.29) is 0 Å². The highest BCUT2D eigenvalue weighted by atomic mass is 16.5. The van der Waals surface area contributed by atoms with Crippen LogP contribution in [0.25, 0.3) is 5.65 Å².